The number of halogens is 2. The molecular weight excluding hydrogens is 400 g/mol. The lowest BCUT2D eigenvalue weighted by molar-refractivity contribution is 0.438. The van der Waals surface area contributed by atoms with Crippen LogP contribution in [0.2, 0.25) is 0 Å². The molecule has 0 fully saturated rings. The van der Waals surface area contributed by atoms with Crippen LogP contribution < -0.4 is 10.3 Å². The molecule has 0 amide bonds. The van der Waals surface area contributed by atoms with E-state index in [-0.39, 0.29) is 22.0 Å². The van der Waals surface area contributed by atoms with E-state index >= 15 is 0 Å². The SMILES string of the molecule is CC(C)S(=O)(=O)c1ccc(Oc2ccc(F)cc2F)c(-c2ccc(=O)n(C)c2)c1. The van der Waals surface area contributed by atoms with Crippen LogP contribution in [0.4, 0.5) is 8.78 Å². The molecule has 0 saturated heterocycles. The Hall–Kier alpha value is -3.00. The maximum Gasteiger partial charge on any atom is 0.250 e. The zero-order chi connectivity index (χ0) is 21.3. The lowest BCUT2D eigenvalue weighted by Crippen LogP contribution is -2.15. The molecule has 0 unspecified atom stereocenters. The molecule has 0 aliphatic heterocycles. The highest BCUT2D eigenvalue weighted by atomic mass is 32.2. The second kappa shape index (κ2) is 7.79. The predicted molar refractivity (Wildman–Crippen MR) is 106 cm³/mol. The first-order valence-electron chi connectivity index (χ1n) is 8.77. The number of nitrogens with zero attached hydrogens (tertiary/aromatic N) is 1. The van der Waals surface area contributed by atoms with Crippen LogP contribution in [0.25, 0.3) is 11.1 Å². The highest BCUT2D eigenvalue weighted by Gasteiger charge is 2.22. The Morgan fingerprint density at radius 2 is 1.66 bits per heavy atom. The van der Waals surface area contributed by atoms with E-state index in [4.69, 9.17) is 4.74 Å². The third kappa shape index (κ3) is 4.22. The van der Waals surface area contributed by atoms with Gasteiger partial charge in [0, 0.05) is 36.5 Å². The van der Waals surface area contributed by atoms with E-state index in [0.717, 1.165) is 12.1 Å². The third-order valence-electron chi connectivity index (χ3n) is 4.41. The molecule has 0 saturated carbocycles. The van der Waals surface area contributed by atoms with Gasteiger partial charge in [0.25, 0.3) is 0 Å². The van der Waals surface area contributed by atoms with Crippen molar-refractivity contribution in [2.75, 3.05) is 0 Å². The van der Waals surface area contributed by atoms with Gasteiger partial charge in [-0.2, -0.15) is 0 Å². The van der Waals surface area contributed by atoms with Crippen molar-refractivity contribution in [2.24, 2.45) is 7.05 Å². The largest absolute Gasteiger partial charge is 0.454 e. The number of hydrogen-bond donors (Lipinski definition) is 0. The molecule has 0 aliphatic carbocycles. The maximum absolute atomic E-state index is 14.1. The zero-order valence-corrected chi connectivity index (χ0v) is 16.8. The van der Waals surface area contributed by atoms with Crippen molar-refractivity contribution in [3.8, 4) is 22.6 Å². The quantitative estimate of drug-likeness (QED) is 0.618. The molecule has 8 heteroatoms. The van der Waals surface area contributed by atoms with Crippen LogP contribution in [0.15, 0.2) is 64.4 Å². The first kappa shape index (κ1) is 20.7. The van der Waals surface area contributed by atoms with Crippen molar-refractivity contribution in [1.82, 2.24) is 4.57 Å². The Labute approximate surface area is 167 Å². The van der Waals surface area contributed by atoms with Gasteiger partial charge in [0.1, 0.15) is 11.6 Å². The Bertz CT molecular complexity index is 1230. The van der Waals surface area contributed by atoms with E-state index in [1.807, 2.05) is 0 Å². The summed E-state index contributed by atoms with van der Waals surface area (Å²) in [6.07, 6.45) is 1.53. The molecule has 5 nitrogen and oxygen atoms in total. The maximum atomic E-state index is 14.1. The summed E-state index contributed by atoms with van der Waals surface area (Å²) in [6, 6.07) is 9.97. The van der Waals surface area contributed by atoms with Crippen LogP contribution in [-0.4, -0.2) is 18.2 Å². The average Bonchev–Trinajstić information content (AvgIpc) is 2.66. The molecule has 1 heterocycles. The fourth-order valence-electron chi connectivity index (χ4n) is 2.70. The Morgan fingerprint density at radius 3 is 2.28 bits per heavy atom. The summed E-state index contributed by atoms with van der Waals surface area (Å²) in [7, 11) is -2.02. The van der Waals surface area contributed by atoms with Crippen molar-refractivity contribution < 1.29 is 21.9 Å². The minimum atomic E-state index is -3.58. The summed E-state index contributed by atoms with van der Waals surface area (Å²) >= 11 is 0. The fourth-order valence-corrected chi connectivity index (χ4v) is 3.79. The van der Waals surface area contributed by atoms with E-state index in [1.165, 1.54) is 41.1 Å². The van der Waals surface area contributed by atoms with Gasteiger partial charge in [-0.1, -0.05) is 0 Å². The second-order valence-electron chi connectivity index (χ2n) is 6.80. The molecule has 2 aromatic carbocycles. The van der Waals surface area contributed by atoms with Crippen LogP contribution >= 0.6 is 0 Å². The molecule has 3 rings (SSSR count). The normalized spacial score (nSPS) is 11.7. The van der Waals surface area contributed by atoms with Gasteiger partial charge in [0.15, 0.2) is 21.4 Å². The topological polar surface area (TPSA) is 65.4 Å². The second-order valence-corrected chi connectivity index (χ2v) is 9.30. The first-order valence-corrected chi connectivity index (χ1v) is 10.3. The van der Waals surface area contributed by atoms with Gasteiger partial charge < -0.3 is 9.30 Å². The smallest absolute Gasteiger partial charge is 0.250 e. The molecule has 0 radical (unpaired) electrons. The number of aromatic nitrogens is 1. The molecule has 3 aromatic rings. The van der Waals surface area contributed by atoms with Gasteiger partial charge >= 0.3 is 0 Å². The summed E-state index contributed by atoms with van der Waals surface area (Å²) in [5.41, 5.74) is 0.614. The molecule has 29 heavy (non-hydrogen) atoms. The number of sulfone groups is 1. The van der Waals surface area contributed by atoms with Crippen molar-refractivity contribution in [2.45, 2.75) is 24.0 Å². The lowest BCUT2D eigenvalue weighted by Gasteiger charge is -2.15. The average molecular weight is 419 g/mol. The third-order valence-corrected chi connectivity index (χ3v) is 6.56. The molecule has 152 valence electrons. The minimum Gasteiger partial charge on any atom is -0.454 e. The fraction of sp³-hybridized carbons (Fsp3) is 0.190. The predicted octanol–water partition coefficient (Wildman–Crippen LogP) is 4.30. The number of aryl methyl sites for hydroxylation is 1. The van der Waals surface area contributed by atoms with Gasteiger partial charge in [0.2, 0.25) is 5.56 Å². The van der Waals surface area contributed by atoms with Crippen molar-refractivity contribution >= 4 is 9.84 Å². The summed E-state index contributed by atoms with van der Waals surface area (Å²) in [5, 5.41) is -0.642. The van der Waals surface area contributed by atoms with Crippen LogP contribution in [0.5, 0.6) is 11.5 Å². The van der Waals surface area contributed by atoms with E-state index in [0.29, 0.717) is 17.2 Å². The van der Waals surface area contributed by atoms with Crippen LogP contribution in [0.1, 0.15) is 13.8 Å². The number of hydrogen-bond acceptors (Lipinski definition) is 4. The monoisotopic (exact) mass is 419 g/mol. The summed E-state index contributed by atoms with van der Waals surface area (Å²) in [6.45, 7) is 3.14. The number of rotatable bonds is 5. The molecule has 0 N–H and O–H groups in total. The Morgan fingerprint density at radius 1 is 0.966 bits per heavy atom. The minimum absolute atomic E-state index is 0.0725. The van der Waals surface area contributed by atoms with Gasteiger partial charge in [-0.15, -0.1) is 0 Å². The van der Waals surface area contributed by atoms with E-state index in [9.17, 15) is 22.0 Å². The van der Waals surface area contributed by atoms with Crippen LogP contribution in [-0.2, 0) is 16.9 Å². The van der Waals surface area contributed by atoms with Gasteiger partial charge in [-0.3, -0.25) is 4.79 Å². The van der Waals surface area contributed by atoms with Crippen molar-refractivity contribution in [1.29, 1.82) is 0 Å². The van der Waals surface area contributed by atoms with Crippen molar-refractivity contribution in [3.05, 3.63) is 76.7 Å². The Kier molecular flexibility index (Phi) is 5.57. The van der Waals surface area contributed by atoms with Gasteiger partial charge in [-0.05, 0) is 50.2 Å². The number of pyridine rings is 1. The van der Waals surface area contributed by atoms with Gasteiger partial charge in [0.05, 0.1) is 10.1 Å². The van der Waals surface area contributed by atoms with Crippen LogP contribution in [0.3, 0.4) is 0 Å². The van der Waals surface area contributed by atoms with Crippen molar-refractivity contribution in [3.63, 3.8) is 0 Å². The molecule has 0 spiro atoms. The molecule has 0 bridgehead atoms. The van der Waals surface area contributed by atoms with Crippen LogP contribution in [0, 0.1) is 11.6 Å². The van der Waals surface area contributed by atoms with Gasteiger partial charge in [-0.25, -0.2) is 17.2 Å². The first-order chi connectivity index (χ1) is 13.6. The van der Waals surface area contributed by atoms with E-state index < -0.39 is 26.7 Å². The molecule has 1 aromatic heterocycles. The highest BCUT2D eigenvalue weighted by Crippen LogP contribution is 2.36. The summed E-state index contributed by atoms with van der Waals surface area (Å²) < 4.78 is 59.4. The zero-order valence-electron chi connectivity index (χ0n) is 16.0. The highest BCUT2D eigenvalue weighted by molar-refractivity contribution is 7.92. The van der Waals surface area contributed by atoms with E-state index in [1.54, 1.807) is 20.9 Å². The summed E-state index contributed by atoms with van der Waals surface area (Å²) in [5.74, 6) is -1.68. The lowest BCUT2D eigenvalue weighted by atomic mass is 10.1. The molecule has 0 aliphatic rings. The molecule has 0 atom stereocenters. The Balaban J connectivity index is 2.19. The molecular formula is C21H19F2NO4S. The van der Waals surface area contributed by atoms with E-state index in [2.05, 4.69) is 0 Å². The number of benzene rings is 2. The standard InChI is InChI=1S/C21H19F2NO4S/c1-13(2)29(26,27)16-6-8-19(28-20-7-5-15(22)10-18(20)23)17(11-16)14-4-9-21(25)24(3)12-14/h4-13H,1-3H3. The summed E-state index contributed by atoms with van der Waals surface area (Å²) in [4.78, 5) is 11.8. The number of ether oxygens (including phenoxy) is 1.